The Hall–Kier alpha value is -1.67. The first-order valence-electron chi connectivity index (χ1n) is 10.6. The molecule has 6 atom stereocenters. The number of hydrogen-bond donors (Lipinski definition) is 4. The van der Waals surface area contributed by atoms with Crippen LogP contribution in [-0.2, 0) is 14.4 Å². The van der Waals surface area contributed by atoms with Gasteiger partial charge in [-0.1, -0.05) is 47.5 Å². The largest absolute Gasteiger partial charge is 0.381 e. The van der Waals surface area contributed by atoms with Gasteiger partial charge in [0.15, 0.2) is 6.10 Å². The number of nitrogens with one attached hydrogen (secondary N) is 1. The molecular formula is C21H36N4O4. The van der Waals surface area contributed by atoms with Crippen LogP contribution in [0.3, 0.4) is 0 Å². The molecule has 164 valence electrons. The molecule has 1 saturated heterocycles. The van der Waals surface area contributed by atoms with Gasteiger partial charge < -0.3 is 26.8 Å². The van der Waals surface area contributed by atoms with E-state index < -0.39 is 35.6 Å². The smallest absolute Gasteiger partial charge is 0.248 e. The van der Waals surface area contributed by atoms with Gasteiger partial charge in [-0.2, -0.15) is 0 Å². The number of likely N-dealkylation sites (tertiary alicyclic amines) is 1. The zero-order valence-corrected chi connectivity index (χ0v) is 18.1. The van der Waals surface area contributed by atoms with E-state index in [-0.39, 0.29) is 29.1 Å². The Bertz CT molecular complexity index is 697. The van der Waals surface area contributed by atoms with E-state index in [9.17, 15) is 19.5 Å². The lowest BCUT2D eigenvalue weighted by Gasteiger charge is -2.36. The molecule has 0 radical (unpaired) electrons. The maximum Gasteiger partial charge on any atom is 0.248 e. The number of piperidine rings is 1. The minimum absolute atomic E-state index is 0.0289. The zero-order valence-electron chi connectivity index (χ0n) is 18.1. The molecular weight excluding hydrogens is 372 g/mol. The van der Waals surface area contributed by atoms with E-state index >= 15 is 0 Å². The van der Waals surface area contributed by atoms with Crippen molar-refractivity contribution >= 4 is 17.7 Å². The maximum absolute atomic E-state index is 13.3. The van der Waals surface area contributed by atoms with Crippen molar-refractivity contribution in [1.82, 2.24) is 10.2 Å². The number of amides is 3. The molecule has 0 aromatic heterocycles. The van der Waals surface area contributed by atoms with Crippen molar-refractivity contribution in [2.45, 2.75) is 78.1 Å². The number of hydrogen-bond acceptors (Lipinski definition) is 5. The third kappa shape index (κ3) is 4.14. The molecule has 0 bridgehead atoms. The number of carbonyl (C=O) groups excluding carboxylic acids is 3. The Labute approximate surface area is 172 Å². The highest BCUT2D eigenvalue weighted by molar-refractivity contribution is 5.92. The summed E-state index contributed by atoms with van der Waals surface area (Å²) in [5.41, 5.74) is 11.0. The third-order valence-corrected chi connectivity index (χ3v) is 7.24. The molecule has 0 spiro atoms. The van der Waals surface area contributed by atoms with Gasteiger partial charge in [-0.05, 0) is 35.0 Å². The summed E-state index contributed by atoms with van der Waals surface area (Å²) in [6.45, 7) is 10.4. The first-order valence-corrected chi connectivity index (χ1v) is 10.6. The van der Waals surface area contributed by atoms with Crippen LogP contribution in [0.15, 0.2) is 0 Å². The summed E-state index contributed by atoms with van der Waals surface area (Å²) < 4.78 is 0. The van der Waals surface area contributed by atoms with Crippen LogP contribution in [-0.4, -0.2) is 58.5 Å². The average Bonchev–Trinajstić information content (AvgIpc) is 3.45. The van der Waals surface area contributed by atoms with Crippen molar-refractivity contribution in [1.29, 1.82) is 0 Å². The highest BCUT2D eigenvalue weighted by atomic mass is 16.3. The van der Waals surface area contributed by atoms with Gasteiger partial charge in [0.1, 0.15) is 6.04 Å². The predicted molar refractivity (Wildman–Crippen MR) is 108 cm³/mol. The summed E-state index contributed by atoms with van der Waals surface area (Å²) in [7, 11) is 0. The van der Waals surface area contributed by atoms with Gasteiger partial charge in [0.25, 0.3) is 0 Å². The van der Waals surface area contributed by atoms with Crippen LogP contribution in [0, 0.1) is 28.6 Å². The number of rotatable bonds is 7. The summed E-state index contributed by atoms with van der Waals surface area (Å²) in [4.78, 5) is 39.5. The van der Waals surface area contributed by atoms with E-state index in [0.717, 1.165) is 12.8 Å². The second-order valence-electron chi connectivity index (χ2n) is 10.9. The van der Waals surface area contributed by atoms with Gasteiger partial charge in [0, 0.05) is 6.54 Å². The van der Waals surface area contributed by atoms with Crippen LogP contribution in [0.4, 0.5) is 0 Å². The Balaban J connectivity index is 1.79. The van der Waals surface area contributed by atoms with Gasteiger partial charge in [-0.15, -0.1) is 0 Å². The predicted octanol–water partition coefficient (Wildman–Crippen LogP) is -0.0261. The number of aliphatic hydroxyl groups is 1. The highest BCUT2D eigenvalue weighted by Gasteiger charge is 2.69. The van der Waals surface area contributed by atoms with Gasteiger partial charge >= 0.3 is 0 Å². The Morgan fingerprint density at radius 1 is 1.24 bits per heavy atom. The number of fused-ring (bicyclic) bond motifs is 1. The van der Waals surface area contributed by atoms with Crippen LogP contribution >= 0.6 is 0 Å². The minimum Gasteiger partial charge on any atom is -0.381 e. The molecule has 6 N–H and O–H groups in total. The summed E-state index contributed by atoms with van der Waals surface area (Å²) in [6, 6.07) is -2.09. The molecule has 0 aromatic carbocycles. The quantitative estimate of drug-likeness (QED) is 0.469. The Morgan fingerprint density at radius 3 is 2.31 bits per heavy atom. The molecule has 1 aliphatic heterocycles. The molecule has 3 unspecified atom stereocenters. The van der Waals surface area contributed by atoms with Gasteiger partial charge in [0.05, 0.1) is 12.1 Å². The number of nitrogens with two attached hydrogens (primary N) is 2. The molecule has 8 heteroatoms. The first-order chi connectivity index (χ1) is 13.3. The summed E-state index contributed by atoms with van der Waals surface area (Å²) in [5, 5.41) is 13.1. The summed E-state index contributed by atoms with van der Waals surface area (Å²) in [5.74, 6) is -0.730. The fourth-order valence-electron chi connectivity index (χ4n) is 4.81. The zero-order chi connectivity index (χ0) is 21.9. The molecule has 2 aliphatic carbocycles. The molecule has 3 amide bonds. The topological polar surface area (TPSA) is 139 Å². The van der Waals surface area contributed by atoms with Crippen molar-refractivity contribution in [3.8, 4) is 0 Å². The van der Waals surface area contributed by atoms with E-state index in [2.05, 4.69) is 19.2 Å². The second-order valence-corrected chi connectivity index (χ2v) is 10.9. The summed E-state index contributed by atoms with van der Waals surface area (Å²) >= 11 is 0. The van der Waals surface area contributed by atoms with Crippen molar-refractivity contribution in [2.24, 2.45) is 40.1 Å². The van der Waals surface area contributed by atoms with Crippen molar-refractivity contribution < 1.29 is 19.5 Å². The number of primary amides is 1. The van der Waals surface area contributed by atoms with Crippen molar-refractivity contribution in [3.63, 3.8) is 0 Å². The van der Waals surface area contributed by atoms with E-state index in [1.54, 1.807) is 4.90 Å². The standard InChI is InChI=1S/C21H36N4O4/c1-20(2,3)16(22)19(29)25-9-11-13(21(11,4)5)14(25)18(28)24-12(8-10-6-7-10)15(26)17(23)27/h10-16,26H,6-9,22H2,1-5H3,(H2,23,27)(H,24,28)/t11-,12?,13-,14?,15?,16+/m0/s1. The summed E-state index contributed by atoms with van der Waals surface area (Å²) in [6.07, 6.45) is 1.11. The van der Waals surface area contributed by atoms with Gasteiger partial charge in [0.2, 0.25) is 17.7 Å². The number of aliphatic hydroxyl groups excluding tert-OH is 1. The molecule has 0 aromatic rings. The molecule has 8 nitrogen and oxygen atoms in total. The lowest BCUT2D eigenvalue weighted by molar-refractivity contribution is -0.144. The number of nitrogens with zero attached hydrogens (tertiary/aromatic N) is 1. The van der Waals surface area contributed by atoms with Crippen LogP contribution in [0.5, 0.6) is 0 Å². The molecule has 3 rings (SSSR count). The minimum atomic E-state index is -1.44. The third-order valence-electron chi connectivity index (χ3n) is 7.24. The van der Waals surface area contributed by atoms with E-state index in [4.69, 9.17) is 11.5 Å². The van der Waals surface area contributed by atoms with E-state index in [1.807, 2.05) is 20.8 Å². The van der Waals surface area contributed by atoms with Crippen LogP contribution < -0.4 is 16.8 Å². The fourth-order valence-corrected chi connectivity index (χ4v) is 4.81. The lowest BCUT2D eigenvalue weighted by Crippen LogP contribution is -2.59. The van der Waals surface area contributed by atoms with Crippen molar-refractivity contribution in [3.05, 3.63) is 0 Å². The first kappa shape index (κ1) is 22.0. The molecule has 29 heavy (non-hydrogen) atoms. The van der Waals surface area contributed by atoms with Crippen LogP contribution in [0.25, 0.3) is 0 Å². The van der Waals surface area contributed by atoms with Gasteiger partial charge in [-0.3, -0.25) is 14.4 Å². The average molecular weight is 409 g/mol. The van der Waals surface area contributed by atoms with Gasteiger partial charge in [-0.25, -0.2) is 0 Å². The molecule has 2 saturated carbocycles. The Morgan fingerprint density at radius 2 is 1.83 bits per heavy atom. The van der Waals surface area contributed by atoms with Crippen LogP contribution in [0.1, 0.15) is 53.9 Å². The lowest BCUT2D eigenvalue weighted by atomic mass is 9.86. The van der Waals surface area contributed by atoms with Crippen LogP contribution in [0.2, 0.25) is 0 Å². The SMILES string of the molecule is CC(C)(C)[C@H](N)C(=O)N1C[C@H]2[C@@H](C1C(=O)NC(CC1CC1)C(O)C(N)=O)C2(C)C. The molecule has 3 fully saturated rings. The number of carbonyl (C=O) groups is 3. The van der Waals surface area contributed by atoms with Crippen molar-refractivity contribution in [2.75, 3.05) is 6.54 Å². The molecule has 3 aliphatic rings. The highest BCUT2D eigenvalue weighted by Crippen LogP contribution is 2.65. The molecule has 1 heterocycles. The monoisotopic (exact) mass is 408 g/mol. The fraction of sp³-hybridized carbons (Fsp3) is 0.857. The Kier molecular flexibility index (Phi) is 5.49. The van der Waals surface area contributed by atoms with E-state index in [1.165, 1.54) is 0 Å². The second kappa shape index (κ2) is 7.23. The normalized spacial score (nSPS) is 30.9. The van der Waals surface area contributed by atoms with E-state index in [0.29, 0.717) is 18.9 Å². The maximum atomic E-state index is 13.3.